The molecule has 0 radical (unpaired) electrons. The van der Waals surface area contributed by atoms with Crippen LogP contribution in [0.15, 0.2) is 24.8 Å². The predicted molar refractivity (Wildman–Crippen MR) is 71.2 cm³/mol. The molecule has 0 aliphatic carbocycles. The summed E-state index contributed by atoms with van der Waals surface area (Å²) in [6.45, 7) is 5.99. The number of unbranched alkanes of at least 4 members (excludes halogenated alkanes) is 8. The average molecular weight is 208 g/mol. The number of hydrogen-bond donors (Lipinski definition) is 0. The first-order valence-electron chi connectivity index (χ1n) is 6.67. The van der Waals surface area contributed by atoms with E-state index in [1.807, 2.05) is 6.08 Å². The van der Waals surface area contributed by atoms with Gasteiger partial charge in [0.05, 0.1) is 0 Å². The third-order valence-electron chi connectivity index (χ3n) is 2.67. The zero-order chi connectivity index (χ0) is 11.2. The first kappa shape index (κ1) is 14.5. The second-order valence-corrected chi connectivity index (χ2v) is 4.25. The van der Waals surface area contributed by atoms with E-state index in [2.05, 4.69) is 25.7 Å². The smallest absolute Gasteiger partial charge is 0.0348 e. The molecule has 0 heterocycles. The van der Waals surface area contributed by atoms with Crippen molar-refractivity contribution >= 4 is 0 Å². The van der Waals surface area contributed by atoms with Gasteiger partial charge in [0.2, 0.25) is 0 Å². The molecule has 0 bridgehead atoms. The van der Waals surface area contributed by atoms with Gasteiger partial charge in [-0.25, -0.2) is 0 Å². The van der Waals surface area contributed by atoms with E-state index >= 15 is 0 Å². The van der Waals surface area contributed by atoms with E-state index in [1.54, 1.807) is 0 Å². The van der Waals surface area contributed by atoms with Crippen LogP contribution in [0, 0.1) is 0 Å². The van der Waals surface area contributed by atoms with Crippen molar-refractivity contribution in [2.24, 2.45) is 0 Å². The first-order chi connectivity index (χ1) is 7.41. The predicted octanol–water partition coefficient (Wildman–Crippen LogP) is 5.65. The van der Waals surface area contributed by atoms with Crippen LogP contribution >= 0.6 is 0 Å². The maximum absolute atomic E-state index is 3.72. The molecule has 88 valence electrons. The monoisotopic (exact) mass is 208 g/mol. The molecule has 0 rings (SSSR count). The lowest BCUT2D eigenvalue weighted by molar-refractivity contribution is 0.611. The molecule has 0 saturated heterocycles. The molecule has 0 aromatic heterocycles. The van der Waals surface area contributed by atoms with Crippen molar-refractivity contribution in [1.82, 2.24) is 0 Å². The van der Waals surface area contributed by atoms with Gasteiger partial charge >= 0.3 is 0 Å². The second kappa shape index (κ2) is 13.5. The summed E-state index contributed by atoms with van der Waals surface area (Å²) in [6.07, 6.45) is 20.0. The Morgan fingerprint density at radius 1 is 0.733 bits per heavy atom. The molecule has 0 spiro atoms. The summed E-state index contributed by atoms with van der Waals surface area (Å²) in [5, 5.41) is 0. The lowest BCUT2D eigenvalue weighted by atomic mass is 10.1. The number of allylic oxidation sites excluding steroid dienone is 3. The van der Waals surface area contributed by atoms with Gasteiger partial charge in [0.15, 0.2) is 0 Å². The van der Waals surface area contributed by atoms with Crippen molar-refractivity contribution in [2.75, 3.05) is 0 Å². The Balaban J connectivity index is 2.99. The van der Waals surface area contributed by atoms with Gasteiger partial charge in [0, 0.05) is 0 Å². The molecule has 0 aromatic rings. The highest BCUT2D eigenvalue weighted by molar-refractivity contribution is 4.82. The summed E-state index contributed by atoms with van der Waals surface area (Å²) in [5.74, 6) is 0. The minimum atomic E-state index is 1.15. The highest BCUT2D eigenvalue weighted by atomic mass is 13.9. The van der Waals surface area contributed by atoms with Crippen LogP contribution in [0.5, 0.6) is 0 Å². The number of rotatable bonds is 11. The zero-order valence-electron chi connectivity index (χ0n) is 10.5. The van der Waals surface area contributed by atoms with Crippen LogP contribution in [-0.4, -0.2) is 0 Å². The quantitative estimate of drug-likeness (QED) is 0.304. The Morgan fingerprint density at radius 2 is 1.33 bits per heavy atom. The Kier molecular flexibility index (Phi) is 13.0. The summed E-state index contributed by atoms with van der Waals surface area (Å²) in [7, 11) is 0. The molecule has 0 N–H and O–H groups in total. The standard InChI is InChI=1S/C15H28/c1-3-5-7-9-11-13-15-14-12-10-8-6-4-2/h3,11,13H,1,4-10,12,14-15H2,2H3/b13-11+. The molecule has 0 aromatic carbocycles. The topological polar surface area (TPSA) is 0 Å². The summed E-state index contributed by atoms with van der Waals surface area (Å²) >= 11 is 0. The molecule has 0 saturated carbocycles. The highest BCUT2D eigenvalue weighted by Gasteiger charge is 1.87. The molecule has 0 nitrogen and oxygen atoms in total. The van der Waals surface area contributed by atoms with Crippen molar-refractivity contribution in [3.05, 3.63) is 24.8 Å². The molecule has 15 heavy (non-hydrogen) atoms. The van der Waals surface area contributed by atoms with E-state index in [9.17, 15) is 0 Å². The lowest BCUT2D eigenvalue weighted by Gasteiger charge is -1.97. The van der Waals surface area contributed by atoms with Crippen LogP contribution < -0.4 is 0 Å². The van der Waals surface area contributed by atoms with Crippen molar-refractivity contribution in [3.8, 4) is 0 Å². The van der Waals surface area contributed by atoms with Gasteiger partial charge in [0.1, 0.15) is 0 Å². The molecular formula is C15H28. The van der Waals surface area contributed by atoms with Crippen LogP contribution in [0.2, 0.25) is 0 Å². The third-order valence-corrected chi connectivity index (χ3v) is 2.67. The lowest BCUT2D eigenvalue weighted by Crippen LogP contribution is -1.77. The SMILES string of the molecule is C=CCCC/C=C/CCCCCCCC. The Morgan fingerprint density at radius 3 is 2.00 bits per heavy atom. The molecule has 0 atom stereocenters. The van der Waals surface area contributed by atoms with Gasteiger partial charge in [-0.1, -0.05) is 57.3 Å². The van der Waals surface area contributed by atoms with E-state index in [4.69, 9.17) is 0 Å². The minimum absolute atomic E-state index is 1.15. The zero-order valence-corrected chi connectivity index (χ0v) is 10.5. The van der Waals surface area contributed by atoms with Gasteiger partial charge in [-0.05, 0) is 32.1 Å². The van der Waals surface area contributed by atoms with E-state index in [0.29, 0.717) is 0 Å². The second-order valence-electron chi connectivity index (χ2n) is 4.25. The van der Waals surface area contributed by atoms with E-state index < -0.39 is 0 Å². The molecule has 0 aliphatic rings. The molecule has 0 fully saturated rings. The summed E-state index contributed by atoms with van der Waals surface area (Å²) in [4.78, 5) is 0. The van der Waals surface area contributed by atoms with Crippen molar-refractivity contribution in [1.29, 1.82) is 0 Å². The summed E-state index contributed by atoms with van der Waals surface area (Å²) in [5.41, 5.74) is 0. The van der Waals surface area contributed by atoms with E-state index in [1.165, 1.54) is 57.8 Å². The average Bonchev–Trinajstić information content (AvgIpc) is 2.26. The van der Waals surface area contributed by atoms with E-state index in [0.717, 1.165) is 6.42 Å². The van der Waals surface area contributed by atoms with Crippen LogP contribution in [0.25, 0.3) is 0 Å². The van der Waals surface area contributed by atoms with Crippen molar-refractivity contribution < 1.29 is 0 Å². The van der Waals surface area contributed by atoms with Crippen LogP contribution in [-0.2, 0) is 0 Å². The van der Waals surface area contributed by atoms with Gasteiger partial charge in [0.25, 0.3) is 0 Å². The largest absolute Gasteiger partial charge is 0.103 e. The Bertz CT molecular complexity index is 144. The molecule has 0 amide bonds. The number of hydrogen-bond acceptors (Lipinski definition) is 0. The minimum Gasteiger partial charge on any atom is -0.103 e. The van der Waals surface area contributed by atoms with Gasteiger partial charge in [-0.15, -0.1) is 6.58 Å². The van der Waals surface area contributed by atoms with Crippen LogP contribution in [0.1, 0.15) is 71.1 Å². The van der Waals surface area contributed by atoms with Gasteiger partial charge < -0.3 is 0 Å². The van der Waals surface area contributed by atoms with E-state index in [-0.39, 0.29) is 0 Å². The highest BCUT2D eigenvalue weighted by Crippen LogP contribution is 2.07. The molecule has 0 aliphatic heterocycles. The fraction of sp³-hybridized carbons (Fsp3) is 0.733. The molecule has 0 heteroatoms. The van der Waals surface area contributed by atoms with Gasteiger partial charge in [-0.2, -0.15) is 0 Å². The molecule has 0 unspecified atom stereocenters. The normalized spacial score (nSPS) is 11.0. The fourth-order valence-electron chi connectivity index (χ4n) is 1.66. The maximum atomic E-state index is 3.72. The Labute approximate surface area is 96.5 Å². The van der Waals surface area contributed by atoms with Crippen molar-refractivity contribution in [2.45, 2.75) is 71.1 Å². The van der Waals surface area contributed by atoms with Gasteiger partial charge in [-0.3, -0.25) is 0 Å². The maximum Gasteiger partial charge on any atom is -0.0348 e. The fourth-order valence-corrected chi connectivity index (χ4v) is 1.66. The Hall–Kier alpha value is -0.520. The first-order valence-corrected chi connectivity index (χ1v) is 6.67. The summed E-state index contributed by atoms with van der Waals surface area (Å²) in [6, 6.07) is 0. The van der Waals surface area contributed by atoms with Crippen LogP contribution in [0.3, 0.4) is 0 Å². The van der Waals surface area contributed by atoms with Crippen molar-refractivity contribution in [3.63, 3.8) is 0 Å². The third kappa shape index (κ3) is 13.5. The van der Waals surface area contributed by atoms with Crippen LogP contribution in [0.4, 0.5) is 0 Å². The molecular weight excluding hydrogens is 180 g/mol. The summed E-state index contributed by atoms with van der Waals surface area (Å²) < 4.78 is 0.